The maximum atomic E-state index is 11.8. The third-order valence-electron chi connectivity index (χ3n) is 3.69. The molecular weight excluding hydrogens is 262 g/mol. The highest BCUT2D eigenvalue weighted by atomic mass is 32.2. The van der Waals surface area contributed by atoms with Gasteiger partial charge in [-0.1, -0.05) is 6.42 Å². The Morgan fingerprint density at radius 3 is 2.79 bits per heavy atom. The van der Waals surface area contributed by atoms with E-state index in [9.17, 15) is 4.21 Å². The average molecular weight is 283 g/mol. The van der Waals surface area contributed by atoms with E-state index in [0.717, 1.165) is 18.6 Å². The molecule has 1 unspecified atom stereocenters. The summed E-state index contributed by atoms with van der Waals surface area (Å²) in [6, 6.07) is 3.77. The van der Waals surface area contributed by atoms with Crippen LogP contribution in [0.1, 0.15) is 25.0 Å². The second kappa shape index (κ2) is 6.23. The quantitative estimate of drug-likeness (QED) is 0.630. The summed E-state index contributed by atoms with van der Waals surface area (Å²) >= 11 is 0. The van der Waals surface area contributed by atoms with Crippen molar-refractivity contribution >= 4 is 16.8 Å². The fraction of sp³-hybridized carbons (Fsp3) is 0.615. The van der Waals surface area contributed by atoms with E-state index in [1.54, 1.807) is 19.6 Å². The maximum Gasteiger partial charge on any atom is 0.191 e. The normalized spacial score (nSPS) is 19.6. The van der Waals surface area contributed by atoms with Crippen LogP contribution >= 0.6 is 0 Å². The van der Waals surface area contributed by atoms with Crippen LogP contribution in [0.4, 0.5) is 0 Å². The summed E-state index contributed by atoms with van der Waals surface area (Å²) in [4.78, 5) is 4.16. The van der Waals surface area contributed by atoms with E-state index in [1.807, 2.05) is 12.1 Å². The average Bonchev–Trinajstić information content (AvgIpc) is 2.84. The van der Waals surface area contributed by atoms with Crippen LogP contribution in [-0.2, 0) is 17.3 Å². The summed E-state index contributed by atoms with van der Waals surface area (Å²) in [5, 5.41) is 6.44. The monoisotopic (exact) mass is 283 g/mol. The molecule has 1 fully saturated rings. The molecule has 0 aliphatic heterocycles. The fourth-order valence-electron chi connectivity index (χ4n) is 2.19. The number of aliphatic imine (C=N–C) groups is 1. The Morgan fingerprint density at radius 2 is 2.32 bits per heavy atom. The summed E-state index contributed by atoms with van der Waals surface area (Å²) < 4.78 is 17.0. The van der Waals surface area contributed by atoms with E-state index in [4.69, 9.17) is 4.42 Å². The largest absolute Gasteiger partial charge is 0.467 e. The Balaban J connectivity index is 1.81. The van der Waals surface area contributed by atoms with Crippen molar-refractivity contribution in [2.45, 2.75) is 30.6 Å². The van der Waals surface area contributed by atoms with Crippen LogP contribution in [0.15, 0.2) is 27.8 Å². The van der Waals surface area contributed by atoms with Gasteiger partial charge in [0.1, 0.15) is 5.76 Å². The van der Waals surface area contributed by atoms with Crippen molar-refractivity contribution in [3.05, 3.63) is 24.2 Å². The summed E-state index contributed by atoms with van der Waals surface area (Å²) in [6.07, 6.45) is 6.66. The Labute approximate surface area is 116 Å². The molecule has 2 rings (SSSR count). The van der Waals surface area contributed by atoms with Crippen molar-refractivity contribution in [1.82, 2.24) is 10.6 Å². The van der Waals surface area contributed by atoms with Crippen molar-refractivity contribution in [2.75, 3.05) is 19.8 Å². The van der Waals surface area contributed by atoms with Gasteiger partial charge in [-0.15, -0.1) is 0 Å². The van der Waals surface area contributed by atoms with Crippen molar-refractivity contribution in [3.63, 3.8) is 0 Å². The van der Waals surface area contributed by atoms with Gasteiger partial charge in [-0.2, -0.15) is 0 Å². The lowest BCUT2D eigenvalue weighted by Gasteiger charge is -2.40. The van der Waals surface area contributed by atoms with Crippen LogP contribution < -0.4 is 10.6 Å². The molecule has 1 aliphatic carbocycles. The van der Waals surface area contributed by atoms with Gasteiger partial charge in [0.15, 0.2) is 5.96 Å². The molecule has 0 radical (unpaired) electrons. The first-order valence-electron chi connectivity index (χ1n) is 6.47. The number of nitrogens with zero attached hydrogens (tertiary/aromatic N) is 1. The summed E-state index contributed by atoms with van der Waals surface area (Å²) in [5.74, 6) is 1.58. The van der Waals surface area contributed by atoms with Gasteiger partial charge in [0.25, 0.3) is 0 Å². The maximum absolute atomic E-state index is 11.8. The molecule has 0 spiro atoms. The van der Waals surface area contributed by atoms with E-state index in [0.29, 0.717) is 19.0 Å². The Morgan fingerprint density at radius 1 is 1.53 bits per heavy atom. The molecular formula is C13H21N3O2S. The first-order chi connectivity index (χ1) is 9.16. The SMILES string of the molecule is CN=C(NCc1ccco1)NCC1(S(C)=O)CCC1. The topological polar surface area (TPSA) is 66.6 Å². The summed E-state index contributed by atoms with van der Waals surface area (Å²) in [6.45, 7) is 1.29. The van der Waals surface area contributed by atoms with Crippen molar-refractivity contribution in [2.24, 2.45) is 4.99 Å². The van der Waals surface area contributed by atoms with Gasteiger partial charge >= 0.3 is 0 Å². The lowest BCUT2D eigenvalue weighted by Crippen LogP contribution is -2.52. The molecule has 1 heterocycles. The van der Waals surface area contributed by atoms with Gasteiger partial charge < -0.3 is 15.1 Å². The molecule has 0 saturated heterocycles. The van der Waals surface area contributed by atoms with Crippen LogP contribution in [-0.4, -0.2) is 34.8 Å². The van der Waals surface area contributed by atoms with E-state index in [2.05, 4.69) is 15.6 Å². The predicted molar refractivity (Wildman–Crippen MR) is 77.6 cm³/mol. The molecule has 5 nitrogen and oxygen atoms in total. The minimum atomic E-state index is -0.798. The first kappa shape index (κ1) is 14.1. The second-order valence-corrected chi connectivity index (χ2v) is 6.62. The molecule has 0 bridgehead atoms. The standard InChI is InChI=1S/C13H21N3O2S/c1-14-12(15-9-11-5-3-8-18-11)16-10-13(19(2)17)6-4-7-13/h3,5,8H,4,6-7,9-10H2,1-2H3,(H2,14,15,16). The van der Waals surface area contributed by atoms with Gasteiger partial charge in [0.2, 0.25) is 0 Å². The molecule has 0 amide bonds. The van der Waals surface area contributed by atoms with Crippen LogP contribution in [0.25, 0.3) is 0 Å². The molecule has 1 aromatic heterocycles. The Hall–Kier alpha value is -1.30. The zero-order valence-electron chi connectivity index (χ0n) is 11.4. The van der Waals surface area contributed by atoms with E-state index >= 15 is 0 Å². The molecule has 106 valence electrons. The van der Waals surface area contributed by atoms with Gasteiger partial charge in [-0.05, 0) is 25.0 Å². The number of nitrogens with one attached hydrogen (secondary N) is 2. The zero-order chi connectivity index (χ0) is 13.7. The van der Waals surface area contributed by atoms with Gasteiger partial charge in [0.05, 0.1) is 17.6 Å². The molecule has 1 atom stereocenters. The van der Waals surface area contributed by atoms with Gasteiger partial charge in [-0.25, -0.2) is 0 Å². The molecule has 6 heteroatoms. The predicted octanol–water partition coefficient (Wildman–Crippen LogP) is 1.25. The summed E-state index contributed by atoms with van der Waals surface area (Å²) in [5.41, 5.74) is 0. The first-order valence-corrected chi connectivity index (χ1v) is 8.02. The van der Waals surface area contributed by atoms with Crippen molar-refractivity contribution < 1.29 is 8.63 Å². The molecule has 1 saturated carbocycles. The Kier molecular flexibility index (Phi) is 4.63. The Bertz CT molecular complexity index is 452. The number of furan rings is 1. The zero-order valence-corrected chi connectivity index (χ0v) is 12.3. The number of hydrogen-bond donors (Lipinski definition) is 2. The van der Waals surface area contributed by atoms with Gasteiger partial charge in [-0.3, -0.25) is 9.20 Å². The third kappa shape index (κ3) is 3.37. The van der Waals surface area contributed by atoms with E-state index in [-0.39, 0.29) is 4.75 Å². The minimum absolute atomic E-state index is 0.0672. The third-order valence-corrected chi connectivity index (χ3v) is 5.46. The highest BCUT2D eigenvalue weighted by Gasteiger charge is 2.40. The smallest absolute Gasteiger partial charge is 0.191 e. The summed E-state index contributed by atoms with van der Waals surface area (Å²) in [7, 11) is 0.932. The fourth-order valence-corrected chi connectivity index (χ4v) is 3.33. The van der Waals surface area contributed by atoms with Gasteiger partial charge in [0, 0.05) is 30.6 Å². The van der Waals surface area contributed by atoms with Crippen LogP contribution in [0, 0.1) is 0 Å². The lowest BCUT2D eigenvalue weighted by atomic mass is 9.84. The molecule has 1 aromatic rings. The highest BCUT2D eigenvalue weighted by molar-refractivity contribution is 7.85. The number of guanidine groups is 1. The lowest BCUT2D eigenvalue weighted by molar-refractivity contribution is 0.349. The highest BCUT2D eigenvalue weighted by Crippen LogP contribution is 2.36. The molecule has 2 N–H and O–H groups in total. The van der Waals surface area contributed by atoms with E-state index in [1.165, 1.54) is 6.42 Å². The minimum Gasteiger partial charge on any atom is -0.467 e. The number of rotatable bonds is 5. The van der Waals surface area contributed by atoms with Crippen molar-refractivity contribution in [3.8, 4) is 0 Å². The van der Waals surface area contributed by atoms with Crippen molar-refractivity contribution in [1.29, 1.82) is 0 Å². The second-order valence-electron chi connectivity index (χ2n) is 4.85. The van der Waals surface area contributed by atoms with E-state index < -0.39 is 10.8 Å². The molecule has 19 heavy (non-hydrogen) atoms. The van der Waals surface area contributed by atoms with Crippen LogP contribution in [0.5, 0.6) is 0 Å². The van der Waals surface area contributed by atoms with Crippen LogP contribution in [0.2, 0.25) is 0 Å². The molecule has 1 aliphatic rings. The van der Waals surface area contributed by atoms with Crippen LogP contribution in [0.3, 0.4) is 0 Å². The number of hydrogen-bond acceptors (Lipinski definition) is 3. The molecule has 0 aromatic carbocycles.